The van der Waals surface area contributed by atoms with E-state index in [-0.39, 0.29) is 36.1 Å². The molecule has 0 radical (unpaired) electrons. The number of carbonyl (C=O) groups excluding carboxylic acids is 2. The number of carbonyl (C=O) groups is 2. The Bertz CT molecular complexity index is 2490. The summed E-state index contributed by atoms with van der Waals surface area (Å²) >= 11 is 0. The molecule has 4 atom stereocenters. The van der Waals surface area contributed by atoms with Crippen molar-refractivity contribution in [2.24, 2.45) is 0 Å². The Hall–Kier alpha value is -6.52. The fourth-order valence-corrected chi connectivity index (χ4v) is 10.7. The van der Waals surface area contributed by atoms with Gasteiger partial charge in [-0.15, -0.1) is 0 Å². The van der Waals surface area contributed by atoms with E-state index in [2.05, 4.69) is 14.1 Å². The topological polar surface area (TPSA) is 173 Å². The standard InChI is InChI=1S/C53H68N2O14/c1-54(21-17-33-26-41(60-3)43(62-5)30-38(33)40(54)23-32-24-45(64-7)50(68-11)46(25-32)65-8)19-13-15-36(52(56)57)37(53(58)59)16-14-20-55(2)22-18-34-27-42(61-4)44(63-6)31-39(34)49(55)35-28-47(66-9)51(69-12)48(29-35)67-10/h24-31,40,49H,13-23H2,1-12H3/t40-,49-,54+,55+/m1/s1. The third-order valence-corrected chi connectivity index (χ3v) is 14.3. The van der Waals surface area contributed by atoms with Gasteiger partial charge in [-0.1, -0.05) is 0 Å². The van der Waals surface area contributed by atoms with Gasteiger partial charge in [-0.2, -0.15) is 0 Å². The summed E-state index contributed by atoms with van der Waals surface area (Å²) in [5.41, 5.74) is 5.58. The summed E-state index contributed by atoms with van der Waals surface area (Å²) in [6, 6.07) is 15.4. The zero-order chi connectivity index (χ0) is 50.2. The van der Waals surface area contributed by atoms with Gasteiger partial charge in [0.15, 0.2) is 46.0 Å². The quantitative estimate of drug-likeness (QED) is 0.0701. The summed E-state index contributed by atoms with van der Waals surface area (Å²) in [6.45, 7) is 2.41. The number of hydrogen-bond acceptors (Lipinski definition) is 14. The molecule has 69 heavy (non-hydrogen) atoms. The highest BCUT2D eigenvalue weighted by Crippen LogP contribution is 2.49. The van der Waals surface area contributed by atoms with Crippen molar-refractivity contribution < 1.29 is 76.1 Å². The maximum atomic E-state index is 13.0. The molecule has 6 rings (SSSR count). The summed E-state index contributed by atoms with van der Waals surface area (Å²) in [4.78, 5) is 26.0. The fourth-order valence-electron chi connectivity index (χ4n) is 10.7. The Morgan fingerprint density at radius 2 is 0.870 bits per heavy atom. The van der Waals surface area contributed by atoms with Crippen molar-refractivity contribution in [3.8, 4) is 57.5 Å². The molecule has 0 N–H and O–H groups in total. The molecule has 0 saturated heterocycles. The molecule has 0 fully saturated rings. The van der Waals surface area contributed by atoms with Gasteiger partial charge in [0.25, 0.3) is 0 Å². The number of fused-ring (bicyclic) bond motifs is 2. The van der Waals surface area contributed by atoms with Crippen LogP contribution in [0.2, 0.25) is 0 Å². The lowest BCUT2D eigenvalue weighted by Gasteiger charge is -2.46. The largest absolute Gasteiger partial charge is 0.545 e. The van der Waals surface area contributed by atoms with Crippen LogP contribution in [0.15, 0.2) is 59.7 Å². The van der Waals surface area contributed by atoms with Crippen LogP contribution in [0.3, 0.4) is 0 Å². The molecule has 16 heteroatoms. The van der Waals surface area contributed by atoms with E-state index in [1.807, 2.05) is 48.5 Å². The van der Waals surface area contributed by atoms with Crippen molar-refractivity contribution in [3.63, 3.8) is 0 Å². The number of hydrogen-bond donors (Lipinski definition) is 0. The van der Waals surface area contributed by atoms with Gasteiger partial charge in [-0.05, 0) is 89.2 Å². The maximum absolute atomic E-state index is 13.0. The zero-order valence-electron chi connectivity index (χ0n) is 42.2. The first-order chi connectivity index (χ1) is 33.1. The van der Waals surface area contributed by atoms with Gasteiger partial charge in [0.1, 0.15) is 12.1 Å². The molecule has 0 amide bonds. The Labute approximate surface area is 405 Å². The molecule has 4 aromatic rings. The lowest BCUT2D eigenvalue weighted by Crippen LogP contribution is -2.52. The van der Waals surface area contributed by atoms with Crippen molar-refractivity contribution in [1.29, 1.82) is 0 Å². The SMILES string of the molecule is COc1cc2c(cc1OC)[C@@H](c1cc(OC)c(OC)c(OC)c1)[N@@+](C)(CCCC(C(=O)[O-])=C(CCC[N@@+]1(C)CCc3cc(OC)c(OC)cc3[C@H]1Cc1cc(OC)c(OC)c(OC)c1)C(=O)[O-])CC2. The van der Waals surface area contributed by atoms with Crippen LogP contribution in [0.25, 0.3) is 0 Å². The predicted octanol–water partition coefficient (Wildman–Crippen LogP) is 5.21. The fraction of sp³-hybridized carbons (Fsp3) is 0.472. The number of likely N-dealkylation sites (N-methyl/N-ethyl adjacent to an activating group) is 2. The molecular weight excluding hydrogens is 889 g/mol. The van der Waals surface area contributed by atoms with Gasteiger partial charge >= 0.3 is 0 Å². The van der Waals surface area contributed by atoms with Crippen molar-refractivity contribution in [2.75, 3.05) is 111 Å². The molecule has 0 aliphatic carbocycles. The Balaban J connectivity index is 1.30. The van der Waals surface area contributed by atoms with Gasteiger partial charge in [0, 0.05) is 48.8 Å². The average Bonchev–Trinajstić information content (AvgIpc) is 3.35. The third kappa shape index (κ3) is 10.6. The minimum absolute atomic E-state index is 0.0234. The van der Waals surface area contributed by atoms with Crippen LogP contribution in [0.1, 0.15) is 71.1 Å². The molecule has 0 bridgehead atoms. The predicted molar refractivity (Wildman–Crippen MR) is 254 cm³/mol. The molecule has 2 aliphatic rings. The number of nitrogens with zero attached hydrogens (tertiary/aromatic N) is 2. The van der Waals surface area contributed by atoms with Crippen LogP contribution in [0.5, 0.6) is 57.5 Å². The number of carboxylic acid groups (broad SMARTS) is 2. The molecule has 374 valence electrons. The molecule has 4 aromatic carbocycles. The molecule has 0 aromatic heterocycles. The van der Waals surface area contributed by atoms with Gasteiger partial charge in [0.05, 0.1) is 123 Å². The lowest BCUT2D eigenvalue weighted by atomic mass is 9.85. The number of quaternary nitrogens is 2. The second kappa shape index (κ2) is 22.3. The Kier molecular flexibility index (Phi) is 16.7. The first kappa shape index (κ1) is 51.9. The van der Waals surface area contributed by atoms with E-state index in [4.69, 9.17) is 47.4 Å². The lowest BCUT2D eigenvalue weighted by molar-refractivity contribution is -0.941. The Morgan fingerprint density at radius 3 is 1.29 bits per heavy atom. The van der Waals surface area contributed by atoms with Crippen molar-refractivity contribution in [2.45, 2.75) is 57.0 Å². The smallest absolute Gasteiger partial charge is 0.203 e. The second-order valence-corrected chi connectivity index (χ2v) is 18.0. The highest BCUT2D eigenvalue weighted by atomic mass is 16.5. The van der Waals surface area contributed by atoms with E-state index in [0.29, 0.717) is 112 Å². The van der Waals surface area contributed by atoms with E-state index < -0.39 is 11.9 Å². The van der Waals surface area contributed by atoms with E-state index >= 15 is 0 Å². The number of aliphatic carboxylic acids is 2. The molecule has 0 spiro atoms. The monoisotopic (exact) mass is 956 g/mol. The normalized spacial score (nSPS) is 19.8. The van der Waals surface area contributed by atoms with Gasteiger partial charge < -0.3 is 76.1 Å². The van der Waals surface area contributed by atoms with E-state index in [0.717, 1.165) is 46.3 Å². The molecule has 2 aliphatic heterocycles. The van der Waals surface area contributed by atoms with Crippen LogP contribution in [-0.4, -0.2) is 132 Å². The number of ether oxygens (including phenoxy) is 10. The average molecular weight is 957 g/mol. The van der Waals surface area contributed by atoms with Crippen LogP contribution < -0.4 is 57.6 Å². The van der Waals surface area contributed by atoms with E-state index in [1.54, 1.807) is 71.1 Å². The number of carboxylic acids is 2. The van der Waals surface area contributed by atoms with Crippen LogP contribution >= 0.6 is 0 Å². The molecule has 0 saturated carbocycles. The van der Waals surface area contributed by atoms with Crippen LogP contribution in [0.4, 0.5) is 0 Å². The third-order valence-electron chi connectivity index (χ3n) is 14.3. The molecule has 0 unspecified atom stereocenters. The maximum Gasteiger partial charge on any atom is 0.203 e. The van der Waals surface area contributed by atoms with Crippen LogP contribution in [0, 0.1) is 0 Å². The second-order valence-electron chi connectivity index (χ2n) is 18.0. The van der Waals surface area contributed by atoms with Gasteiger partial charge in [0.2, 0.25) is 11.5 Å². The van der Waals surface area contributed by atoms with Crippen molar-refractivity contribution in [3.05, 3.63) is 93.1 Å². The minimum Gasteiger partial charge on any atom is -0.545 e. The van der Waals surface area contributed by atoms with Gasteiger partial charge in [-0.25, -0.2) is 0 Å². The van der Waals surface area contributed by atoms with Crippen LogP contribution in [-0.2, 0) is 28.9 Å². The molecule has 16 nitrogen and oxygen atoms in total. The highest BCUT2D eigenvalue weighted by molar-refractivity contribution is 5.97. The summed E-state index contributed by atoms with van der Waals surface area (Å²) in [7, 11) is 20.1. The Morgan fingerprint density at radius 1 is 0.493 bits per heavy atom. The van der Waals surface area contributed by atoms with E-state index in [1.165, 1.54) is 0 Å². The molecular formula is C53H68N2O14. The minimum atomic E-state index is -1.52. The van der Waals surface area contributed by atoms with E-state index in [9.17, 15) is 19.8 Å². The van der Waals surface area contributed by atoms with Crippen molar-refractivity contribution in [1.82, 2.24) is 0 Å². The summed E-state index contributed by atoms with van der Waals surface area (Å²) in [5.74, 6) is 2.36. The first-order valence-electron chi connectivity index (χ1n) is 23.0. The zero-order valence-corrected chi connectivity index (χ0v) is 42.2. The first-order valence-corrected chi connectivity index (χ1v) is 23.0. The molecule has 2 heterocycles. The highest BCUT2D eigenvalue weighted by Gasteiger charge is 2.43. The number of methoxy groups -OCH3 is 10. The number of benzene rings is 4. The summed E-state index contributed by atoms with van der Waals surface area (Å²) < 4.78 is 58.1. The summed E-state index contributed by atoms with van der Waals surface area (Å²) in [6.07, 6.45) is 2.63. The van der Waals surface area contributed by atoms with Gasteiger partial charge in [-0.3, -0.25) is 0 Å². The summed E-state index contributed by atoms with van der Waals surface area (Å²) in [5, 5.41) is 26.0. The van der Waals surface area contributed by atoms with Crippen molar-refractivity contribution >= 4 is 11.9 Å². The number of rotatable bonds is 23.